The van der Waals surface area contributed by atoms with Gasteiger partial charge in [0.05, 0.1) is 6.10 Å². The molecule has 0 radical (unpaired) electrons. The van der Waals surface area contributed by atoms with Gasteiger partial charge >= 0.3 is 0 Å². The van der Waals surface area contributed by atoms with Crippen LogP contribution in [0.25, 0.3) is 0 Å². The molecule has 2 aromatic rings. The average molecular weight is 340 g/mol. The van der Waals surface area contributed by atoms with Gasteiger partial charge in [0.25, 0.3) is 5.91 Å². The standard InChI is InChI=1S/C19H24N4O2/c1-13(2)25-16-8-6-15(7-9-16)21-19-20-14(3)12-17(22-19)18(24)23-10-4-5-11-23/h6-9,12-13H,4-5,10-11H2,1-3H3,(H,20,21,22). The third-order valence-electron chi connectivity index (χ3n) is 3.95. The maximum atomic E-state index is 12.5. The van der Waals surface area contributed by atoms with Crippen molar-refractivity contribution in [2.24, 2.45) is 0 Å². The van der Waals surface area contributed by atoms with Gasteiger partial charge in [-0.2, -0.15) is 0 Å². The SMILES string of the molecule is Cc1cc(C(=O)N2CCCC2)nc(Nc2ccc(OC(C)C)cc2)n1. The Morgan fingerprint density at radius 2 is 1.84 bits per heavy atom. The minimum absolute atomic E-state index is 0.0215. The molecule has 25 heavy (non-hydrogen) atoms. The van der Waals surface area contributed by atoms with Crippen LogP contribution in [0.4, 0.5) is 11.6 Å². The molecule has 1 N–H and O–H groups in total. The molecule has 0 spiro atoms. The van der Waals surface area contributed by atoms with Crippen molar-refractivity contribution in [3.05, 3.63) is 41.7 Å². The summed E-state index contributed by atoms with van der Waals surface area (Å²) in [6.07, 6.45) is 2.26. The Kier molecular flexibility index (Phi) is 5.16. The Morgan fingerprint density at radius 3 is 2.48 bits per heavy atom. The van der Waals surface area contributed by atoms with Crippen molar-refractivity contribution in [3.8, 4) is 5.75 Å². The van der Waals surface area contributed by atoms with E-state index in [1.54, 1.807) is 6.07 Å². The number of carbonyl (C=O) groups excluding carboxylic acids is 1. The molecule has 1 aliphatic rings. The lowest BCUT2D eigenvalue weighted by Gasteiger charge is -2.15. The van der Waals surface area contributed by atoms with Gasteiger partial charge in [-0.3, -0.25) is 4.79 Å². The summed E-state index contributed by atoms with van der Waals surface area (Å²) in [7, 11) is 0. The zero-order valence-electron chi connectivity index (χ0n) is 15.0. The first-order chi connectivity index (χ1) is 12.0. The number of carbonyl (C=O) groups is 1. The summed E-state index contributed by atoms with van der Waals surface area (Å²) in [4.78, 5) is 23.2. The van der Waals surface area contributed by atoms with E-state index >= 15 is 0 Å². The molecule has 0 aliphatic carbocycles. The van der Waals surface area contributed by atoms with E-state index in [1.165, 1.54) is 0 Å². The zero-order chi connectivity index (χ0) is 17.8. The molecule has 1 aliphatic heterocycles. The summed E-state index contributed by atoms with van der Waals surface area (Å²) >= 11 is 0. The van der Waals surface area contributed by atoms with E-state index in [9.17, 15) is 4.79 Å². The van der Waals surface area contributed by atoms with E-state index in [2.05, 4.69) is 15.3 Å². The fraction of sp³-hybridized carbons (Fsp3) is 0.421. The van der Waals surface area contributed by atoms with E-state index in [0.717, 1.165) is 43.1 Å². The molecule has 6 nitrogen and oxygen atoms in total. The number of aromatic nitrogens is 2. The molecule has 0 saturated carbocycles. The highest BCUT2D eigenvalue weighted by Gasteiger charge is 2.21. The number of likely N-dealkylation sites (tertiary alicyclic amines) is 1. The molecule has 3 rings (SSSR count). The predicted octanol–water partition coefficient (Wildman–Crippen LogP) is 3.55. The van der Waals surface area contributed by atoms with Crippen molar-refractivity contribution in [1.29, 1.82) is 0 Å². The fourth-order valence-corrected chi connectivity index (χ4v) is 2.83. The highest BCUT2D eigenvalue weighted by molar-refractivity contribution is 5.92. The van der Waals surface area contributed by atoms with Crippen molar-refractivity contribution < 1.29 is 9.53 Å². The first-order valence-corrected chi connectivity index (χ1v) is 8.70. The number of benzene rings is 1. The summed E-state index contributed by atoms with van der Waals surface area (Å²) in [5, 5.41) is 3.16. The maximum absolute atomic E-state index is 12.5. The molecule has 2 heterocycles. The van der Waals surface area contributed by atoms with Gasteiger partial charge in [0.2, 0.25) is 5.95 Å². The lowest BCUT2D eigenvalue weighted by Crippen LogP contribution is -2.28. The number of hydrogen-bond donors (Lipinski definition) is 1. The van der Waals surface area contributed by atoms with E-state index < -0.39 is 0 Å². The quantitative estimate of drug-likeness (QED) is 0.901. The van der Waals surface area contributed by atoms with E-state index in [0.29, 0.717) is 11.6 Å². The van der Waals surface area contributed by atoms with Crippen molar-refractivity contribution >= 4 is 17.5 Å². The van der Waals surface area contributed by atoms with Crippen LogP contribution in [-0.2, 0) is 0 Å². The highest BCUT2D eigenvalue weighted by Crippen LogP contribution is 2.20. The van der Waals surface area contributed by atoms with Crippen LogP contribution in [0.3, 0.4) is 0 Å². The second-order valence-electron chi connectivity index (χ2n) is 6.53. The lowest BCUT2D eigenvalue weighted by atomic mass is 10.3. The van der Waals surface area contributed by atoms with Gasteiger partial charge in [-0.1, -0.05) is 0 Å². The molecule has 1 amide bonds. The molecule has 0 unspecified atom stereocenters. The zero-order valence-corrected chi connectivity index (χ0v) is 15.0. The number of aryl methyl sites for hydroxylation is 1. The molecule has 1 aromatic heterocycles. The van der Waals surface area contributed by atoms with Gasteiger partial charge in [0.1, 0.15) is 11.4 Å². The van der Waals surface area contributed by atoms with Crippen LogP contribution in [-0.4, -0.2) is 40.0 Å². The maximum Gasteiger partial charge on any atom is 0.272 e. The monoisotopic (exact) mass is 340 g/mol. The van der Waals surface area contributed by atoms with Crippen molar-refractivity contribution in [2.45, 2.75) is 39.7 Å². The number of ether oxygens (including phenoxy) is 1. The van der Waals surface area contributed by atoms with Gasteiger partial charge in [-0.15, -0.1) is 0 Å². The van der Waals surface area contributed by atoms with Crippen LogP contribution in [0.1, 0.15) is 42.9 Å². The molecule has 6 heteroatoms. The molecule has 0 atom stereocenters. The highest BCUT2D eigenvalue weighted by atomic mass is 16.5. The summed E-state index contributed by atoms with van der Waals surface area (Å²) in [6, 6.07) is 9.35. The Hall–Kier alpha value is -2.63. The van der Waals surface area contributed by atoms with Crippen LogP contribution in [0.15, 0.2) is 30.3 Å². The third-order valence-corrected chi connectivity index (χ3v) is 3.95. The van der Waals surface area contributed by atoms with Crippen LogP contribution in [0, 0.1) is 6.92 Å². The third kappa shape index (κ3) is 4.47. The Morgan fingerprint density at radius 1 is 1.16 bits per heavy atom. The second kappa shape index (κ2) is 7.51. The van der Waals surface area contributed by atoms with Gasteiger partial charge in [0.15, 0.2) is 0 Å². The topological polar surface area (TPSA) is 67.4 Å². The number of anilines is 2. The number of hydrogen-bond acceptors (Lipinski definition) is 5. The molecular formula is C19H24N4O2. The molecule has 132 valence electrons. The van der Waals surface area contributed by atoms with E-state index in [4.69, 9.17) is 4.74 Å². The van der Waals surface area contributed by atoms with E-state index in [-0.39, 0.29) is 12.0 Å². The summed E-state index contributed by atoms with van der Waals surface area (Å²) in [5.41, 5.74) is 2.05. The van der Waals surface area contributed by atoms with Crippen LogP contribution in [0.5, 0.6) is 5.75 Å². The van der Waals surface area contributed by atoms with Gasteiger partial charge in [-0.05, 0) is 63.9 Å². The van der Waals surface area contributed by atoms with E-state index in [1.807, 2.05) is 49.9 Å². The molecule has 1 aromatic carbocycles. The van der Waals surface area contributed by atoms with Crippen LogP contribution in [0.2, 0.25) is 0 Å². The van der Waals surface area contributed by atoms with Gasteiger partial charge in [0, 0.05) is 24.5 Å². The van der Waals surface area contributed by atoms with Crippen molar-refractivity contribution in [3.63, 3.8) is 0 Å². The fourth-order valence-electron chi connectivity index (χ4n) is 2.83. The predicted molar refractivity (Wildman–Crippen MR) is 97.4 cm³/mol. The molecule has 0 bridgehead atoms. The summed E-state index contributed by atoms with van der Waals surface area (Å²) < 4.78 is 5.64. The number of nitrogens with one attached hydrogen (secondary N) is 1. The minimum Gasteiger partial charge on any atom is -0.491 e. The van der Waals surface area contributed by atoms with Gasteiger partial charge in [-0.25, -0.2) is 9.97 Å². The first-order valence-electron chi connectivity index (χ1n) is 8.70. The lowest BCUT2D eigenvalue weighted by molar-refractivity contribution is 0.0787. The Balaban J connectivity index is 1.75. The Bertz CT molecular complexity index is 738. The first kappa shape index (κ1) is 17.2. The number of nitrogens with zero attached hydrogens (tertiary/aromatic N) is 3. The van der Waals surface area contributed by atoms with Gasteiger partial charge < -0.3 is 15.0 Å². The normalized spacial score (nSPS) is 14.0. The molecule has 1 fully saturated rings. The average Bonchev–Trinajstić information content (AvgIpc) is 3.09. The number of amides is 1. The second-order valence-corrected chi connectivity index (χ2v) is 6.53. The minimum atomic E-state index is -0.0215. The van der Waals surface area contributed by atoms with Crippen LogP contribution >= 0.6 is 0 Å². The number of rotatable bonds is 5. The van der Waals surface area contributed by atoms with Crippen LogP contribution < -0.4 is 10.1 Å². The molecule has 1 saturated heterocycles. The summed E-state index contributed by atoms with van der Waals surface area (Å²) in [5.74, 6) is 1.22. The Labute approximate surface area is 148 Å². The van der Waals surface area contributed by atoms with Crippen molar-refractivity contribution in [1.82, 2.24) is 14.9 Å². The molecular weight excluding hydrogens is 316 g/mol. The van der Waals surface area contributed by atoms with Crippen molar-refractivity contribution in [2.75, 3.05) is 18.4 Å². The smallest absolute Gasteiger partial charge is 0.272 e. The summed E-state index contributed by atoms with van der Waals surface area (Å²) in [6.45, 7) is 7.47. The largest absolute Gasteiger partial charge is 0.491 e.